The Morgan fingerprint density at radius 2 is 1.46 bits per heavy atom. The summed E-state index contributed by atoms with van der Waals surface area (Å²) in [5, 5.41) is 10.1. The predicted octanol–water partition coefficient (Wildman–Crippen LogP) is 4.75. The van der Waals surface area contributed by atoms with Crippen molar-refractivity contribution in [2.45, 2.75) is 30.9 Å². The van der Waals surface area contributed by atoms with E-state index in [2.05, 4.69) is 0 Å². The average Bonchev–Trinajstić information content (AvgIpc) is 2.53. The fourth-order valence-corrected chi connectivity index (χ4v) is 2.46. The van der Waals surface area contributed by atoms with Gasteiger partial charge in [-0.05, 0) is 23.3 Å². The van der Waals surface area contributed by atoms with Crippen molar-refractivity contribution in [1.29, 1.82) is 0 Å². The number of nitrogens with two attached hydrogens (primary N) is 1. The van der Waals surface area contributed by atoms with Crippen LogP contribution in [0.1, 0.15) is 28.3 Å². The quantitative estimate of drug-likeness (QED) is 0.729. The van der Waals surface area contributed by atoms with Crippen LogP contribution in [0.5, 0.6) is 0 Å². The van der Waals surface area contributed by atoms with Crippen LogP contribution < -0.4 is 5.73 Å². The fraction of sp³-hybridized carbons (Fsp3) is 0.294. The van der Waals surface area contributed by atoms with Gasteiger partial charge in [-0.15, -0.1) is 12.4 Å². The van der Waals surface area contributed by atoms with Crippen molar-refractivity contribution in [3.63, 3.8) is 0 Å². The van der Waals surface area contributed by atoms with Crippen LogP contribution in [0.2, 0.25) is 0 Å². The zero-order valence-electron chi connectivity index (χ0n) is 13.2. The van der Waals surface area contributed by atoms with Crippen molar-refractivity contribution < 1.29 is 31.4 Å². The molecule has 0 unspecified atom stereocenters. The molecular weight excluding hydrogens is 384 g/mol. The number of aliphatic hydroxyl groups excluding tert-OH is 1. The fourth-order valence-electron chi connectivity index (χ4n) is 2.46. The van der Waals surface area contributed by atoms with Crippen LogP contribution in [0, 0.1) is 0 Å². The average molecular weight is 400 g/mol. The molecular formula is C17H16ClF6NO. The first-order valence-corrected chi connectivity index (χ1v) is 7.26. The third kappa shape index (κ3) is 5.36. The Kier molecular flexibility index (Phi) is 7.09. The van der Waals surface area contributed by atoms with Gasteiger partial charge in [-0.1, -0.05) is 36.4 Å². The van der Waals surface area contributed by atoms with Crippen LogP contribution in [0.4, 0.5) is 26.3 Å². The number of aliphatic hydroxyl groups is 1. The molecule has 0 aliphatic rings. The van der Waals surface area contributed by atoms with E-state index in [1.54, 1.807) is 30.3 Å². The number of hydrogen-bond donors (Lipinski definition) is 2. The van der Waals surface area contributed by atoms with E-state index in [-0.39, 0.29) is 24.9 Å². The molecule has 0 aliphatic carbocycles. The van der Waals surface area contributed by atoms with E-state index in [1.807, 2.05) is 0 Å². The smallest absolute Gasteiger partial charge is 0.391 e. The summed E-state index contributed by atoms with van der Waals surface area (Å²) in [6.07, 6.45) is -11.4. The highest BCUT2D eigenvalue weighted by molar-refractivity contribution is 5.85. The lowest BCUT2D eigenvalue weighted by Gasteiger charge is -2.24. The molecule has 9 heteroatoms. The number of alkyl halides is 6. The normalized spacial score (nSPS) is 14.5. The maximum absolute atomic E-state index is 13.2. The monoisotopic (exact) mass is 399 g/mol. The van der Waals surface area contributed by atoms with Gasteiger partial charge in [0.05, 0.1) is 23.3 Å². The van der Waals surface area contributed by atoms with Crippen LogP contribution in [0.3, 0.4) is 0 Å². The molecule has 26 heavy (non-hydrogen) atoms. The SMILES string of the molecule is Cl.N[C@@H](c1ccc(C(F)(F)F)cc1C(F)(F)F)[C@H](O)Cc1ccccc1. The summed E-state index contributed by atoms with van der Waals surface area (Å²) in [5.74, 6) is 0. The number of hydrogen-bond acceptors (Lipinski definition) is 2. The van der Waals surface area contributed by atoms with E-state index in [0.29, 0.717) is 17.7 Å². The van der Waals surface area contributed by atoms with Gasteiger partial charge in [0.25, 0.3) is 0 Å². The Balaban J connectivity index is 0.00000338. The van der Waals surface area contributed by atoms with Crippen LogP contribution in [0.25, 0.3) is 0 Å². The molecule has 0 saturated carbocycles. The van der Waals surface area contributed by atoms with Gasteiger partial charge in [-0.3, -0.25) is 0 Å². The van der Waals surface area contributed by atoms with Gasteiger partial charge in [-0.25, -0.2) is 0 Å². The Labute approximate surface area is 152 Å². The molecule has 0 aliphatic heterocycles. The lowest BCUT2D eigenvalue weighted by molar-refractivity contribution is -0.143. The van der Waals surface area contributed by atoms with Crippen LogP contribution in [-0.2, 0) is 18.8 Å². The largest absolute Gasteiger partial charge is 0.416 e. The van der Waals surface area contributed by atoms with Crippen molar-refractivity contribution in [2.24, 2.45) is 5.73 Å². The zero-order valence-corrected chi connectivity index (χ0v) is 14.0. The highest BCUT2D eigenvalue weighted by Gasteiger charge is 2.39. The van der Waals surface area contributed by atoms with E-state index in [0.717, 1.165) is 0 Å². The molecule has 2 nitrogen and oxygen atoms in total. The van der Waals surface area contributed by atoms with E-state index >= 15 is 0 Å². The molecule has 2 rings (SSSR count). The molecule has 0 amide bonds. The summed E-state index contributed by atoms with van der Waals surface area (Å²) >= 11 is 0. The molecule has 0 fully saturated rings. The maximum Gasteiger partial charge on any atom is 0.416 e. The lowest BCUT2D eigenvalue weighted by atomic mass is 9.92. The van der Waals surface area contributed by atoms with Crippen LogP contribution >= 0.6 is 12.4 Å². The second-order valence-corrected chi connectivity index (χ2v) is 5.58. The number of halogens is 7. The van der Waals surface area contributed by atoms with Gasteiger partial charge in [0.1, 0.15) is 0 Å². The molecule has 2 atom stereocenters. The third-order valence-corrected chi connectivity index (χ3v) is 3.75. The Bertz CT molecular complexity index is 717. The van der Waals surface area contributed by atoms with Gasteiger partial charge < -0.3 is 10.8 Å². The molecule has 0 bridgehead atoms. The first kappa shape index (κ1) is 22.3. The van der Waals surface area contributed by atoms with E-state index in [4.69, 9.17) is 5.73 Å². The molecule has 0 radical (unpaired) electrons. The molecule has 0 heterocycles. The van der Waals surface area contributed by atoms with Crippen molar-refractivity contribution in [1.82, 2.24) is 0 Å². The van der Waals surface area contributed by atoms with Crippen molar-refractivity contribution >= 4 is 12.4 Å². The minimum Gasteiger partial charge on any atom is -0.391 e. The topological polar surface area (TPSA) is 46.2 Å². The van der Waals surface area contributed by atoms with Crippen molar-refractivity contribution in [3.05, 3.63) is 70.8 Å². The highest BCUT2D eigenvalue weighted by Crippen LogP contribution is 2.39. The van der Waals surface area contributed by atoms with Crippen LogP contribution in [-0.4, -0.2) is 11.2 Å². The molecule has 2 aromatic carbocycles. The second kappa shape index (κ2) is 8.28. The van der Waals surface area contributed by atoms with Gasteiger partial charge in [0.2, 0.25) is 0 Å². The molecule has 2 aromatic rings. The highest BCUT2D eigenvalue weighted by atomic mass is 35.5. The van der Waals surface area contributed by atoms with Gasteiger partial charge in [0.15, 0.2) is 0 Å². The molecule has 0 aromatic heterocycles. The van der Waals surface area contributed by atoms with E-state index in [9.17, 15) is 31.4 Å². The second-order valence-electron chi connectivity index (χ2n) is 5.58. The summed E-state index contributed by atoms with van der Waals surface area (Å²) in [6.45, 7) is 0. The van der Waals surface area contributed by atoms with E-state index < -0.39 is 41.2 Å². The Hall–Kier alpha value is -1.77. The Morgan fingerprint density at radius 1 is 0.885 bits per heavy atom. The molecule has 0 saturated heterocycles. The zero-order chi connectivity index (χ0) is 18.8. The standard InChI is InChI=1S/C17H15F6NO.ClH/c18-16(19,20)11-6-7-12(13(9-11)17(21,22)23)15(24)14(25)8-10-4-2-1-3-5-10;/h1-7,9,14-15,25H,8,24H2;1H/t14-,15+;/m1./s1. The first-order valence-electron chi connectivity index (χ1n) is 7.26. The summed E-state index contributed by atoms with van der Waals surface area (Å²) in [5.41, 5.74) is 2.86. The molecule has 144 valence electrons. The van der Waals surface area contributed by atoms with Crippen molar-refractivity contribution in [2.75, 3.05) is 0 Å². The first-order chi connectivity index (χ1) is 11.5. The number of rotatable bonds is 4. The Morgan fingerprint density at radius 3 is 1.96 bits per heavy atom. The number of benzene rings is 2. The molecule has 3 N–H and O–H groups in total. The third-order valence-electron chi connectivity index (χ3n) is 3.75. The molecule has 0 spiro atoms. The van der Waals surface area contributed by atoms with E-state index in [1.165, 1.54) is 0 Å². The summed E-state index contributed by atoms with van der Waals surface area (Å²) in [4.78, 5) is 0. The lowest BCUT2D eigenvalue weighted by Crippen LogP contribution is -2.30. The summed E-state index contributed by atoms with van der Waals surface area (Å²) in [6, 6.07) is 8.15. The summed E-state index contributed by atoms with van der Waals surface area (Å²) in [7, 11) is 0. The van der Waals surface area contributed by atoms with Gasteiger partial charge >= 0.3 is 12.4 Å². The van der Waals surface area contributed by atoms with Crippen molar-refractivity contribution in [3.8, 4) is 0 Å². The predicted molar refractivity (Wildman–Crippen MR) is 86.8 cm³/mol. The van der Waals surface area contributed by atoms with Crippen LogP contribution in [0.15, 0.2) is 48.5 Å². The van der Waals surface area contributed by atoms with Gasteiger partial charge in [-0.2, -0.15) is 26.3 Å². The minimum atomic E-state index is -5.03. The van der Waals surface area contributed by atoms with Gasteiger partial charge in [0, 0.05) is 6.42 Å². The maximum atomic E-state index is 13.2. The summed E-state index contributed by atoms with van der Waals surface area (Å²) < 4.78 is 77.5. The minimum absolute atomic E-state index is 0.